The predicted octanol–water partition coefficient (Wildman–Crippen LogP) is 3.71. The van der Waals surface area contributed by atoms with Gasteiger partial charge in [0.25, 0.3) is 0 Å². The van der Waals surface area contributed by atoms with E-state index in [1.165, 1.54) is 0 Å². The van der Waals surface area contributed by atoms with E-state index < -0.39 is 0 Å². The van der Waals surface area contributed by atoms with E-state index in [2.05, 4.69) is 22.2 Å². The summed E-state index contributed by atoms with van der Waals surface area (Å²) in [5.41, 5.74) is 3.57. The average molecular weight is 323 g/mol. The lowest BCUT2D eigenvalue weighted by atomic mass is 10.1. The fraction of sp³-hybridized carbons (Fsp3) is 0.263. The molecule has 0 saturated heterocycles. The molecule has 0 aliphatic carbocycles. The summed E-state index contributed by atoms with van der Waals surface area (Å²) in [5, 5.41) is 2.93. The number of fused-ring (bicyclic) bond motifs is 1. The van der Waals surface area contributed by atoms with Crippen molar-refractivity contribution in [3.8, 4) is 5.75 Å². The van der Waals surface area contributed by atoms with Crippen LogP contribution in [0.15, 0.2) is 42.5 Å². The molecule has 3 aromatic rings. The van der Waals surface area contributed by atoms with Crippen LogP contribution in [0.4, 0.5) is 5.69 Å². The number of rotatable bonds is 6. The molecule has 0 atom stereocenters. The second-order valence-corrected chi connectivity index (χ2v) is 5.57. The number of hydrogen-bond donors (Lipinski definition) is 2. The van der Waals surface area contributed by atoms with Crippen molar-refractivity contribution < 1.29 is 9.53 Å². The summed E-state index contributed by atoms with van der Waals surface area (Å²) in [7, 11) is 0. The molecule has 5 heteroatoms. The van der Waals surface area contributed by atoms with Gasteiger partial charge >= 0.3 is 0 Å². The fourth-order valence-corrected chi connectivity index (χ4v) is 2.57. The highest BCUT2D eigenvalue weighted by Crippen LogP contribution is 2.18. The van der Waals surface area contributed by atoms with Gasteiger partial charge in [-0.15, -0.1) is 0 Å². The van der Waals surface area contributed by atoms with Crippen molar-refractivity contribution in [1.29, 1.82) is 0 Å². The number of carbonyl (C=O) groups is 1. The van der Waals surface area contributed by atoms with Crippen molar-refractivity contribution in [3.05, 3.63) is 53.9 Å². The Hall–Kier alpha value is -2.82. The number of nitrogens with zero attached hydrogens (tertiary/aromatic N) is 1. The van der Waals surface area contributed by atoms with Crippen LogP contribution in [-0.2, 0) is 17.6 Å². The largest absolute Gasteiger partial charge is 0.494 e. The van der Waals surface area contributed by atoms with Crippen molar-refractivity contribution in [3.63, 3.8) is 0 Å². The summed E-state index contributed by atoms with van der Waals surface area (Å²) in [6.07, 6.45) is 1.18. The van der Waals surface area contributed by atoms with Crippen LogP contribution in [0.3, 0.4) is 0 Å². The molecule has 5 nitrogen and oxygen atoms in total. The Balaban J connectivity index is 1.65. The number of carbonyl (C=O) groups excluding carboxylic acids is 1. The number of aromatic nitrogens is 2. The fourth-order valence-electron chi connectivity index (χ4n) is 2.57. The number of benzene rings is 2. The van der Waals surface area contributed by atoms with E-state index in [1.54, 1.807) is 0 Å². The Morgan fingerprint density at radius 1 is 1.17 bits per heavy atom. The lowest BCUT2D eigenvalue weighted by Crippen LogP contribution is -2.14. The van der Waals surface area contributed by atoms with Gasteiger partial charge < -0.3 is 15.0 Å². The first kappa shape index (κ1) is 16.1. The highest BCUT2D eigenvalue weighted by Gasteiger charge is 2.07. The Morgan fingerprint density at radius 2 is 1.96 bits per heavy atom. The first-order valence-corrected chi connectivity index (χ1v) is 8.18. The maximum atomic E-state index is 12.2. The maximum Gasteiger partial charge on any atom is 0.228 e. The van der Waals surface area contributed by atoms with E-state index in [-0.39, 0.29) is 5.91 Å². The van der Waals surface area contributed by atoms with Crippen molar-refractivity contribution in [2.75, 3.05) is 11.9 Å². The molecule has 24 heavy (non-hydrogen) atoms. The summed E-state index contributed by atoms with van der Waals surface area (Å²) < 4.78 is 5.40. The first-order chi connectivity index (χ1) is 11.7. The Labute approximate surface area is 141 Å². The number of imidazole rings is 1. The average Bonchev–Trinajstić information content (AvgIpc) is 2.99. The molecule has 1 amide bonds. The Kier molecular flexibility index (Phi) is 4.79. The van der Waals surface area contributed by atoms with Gasteiger partial charge in [0.05, 0.1) is 24.1 Å². The summed E-state index contributed by atoms with van der Waals surface area (Å²) in [4.78, 5) is 19.9. The lowest BCUT2D eigenvalue weighted by Gasteiger charge is -2.07. The quantitative estimate of drug-likeness (QED) is 0.727. The SMILES string of the molecule is CCOc1ccc(CC(=O)Nc2ccc3nc(CC)[nH]c3c2)cc1. The monoisotopic (exact) mass is 323 g/mol. The number of anilines is 1. The zero-order valence-electron chi connectivity index (χ0n) is 13.9. The van der Waals surface area contributed by atoms with Gasteiger partial charge in [-0.1, -0.05) is 19.1 Å². The Morgan fingerprint density at radius 3 is 2.67 bits per heavy atom. The molecule has 1 heterocycles. The normalized spacial score (nSPS) is 10.8. The smallest absolute Gasteiger partial charge is 0.228 e. The minimum Gasteiger partial charge on any atom is -0.494 e. The minimum absolute atomic E-state index is 0.0475. The predicted molar refractivity (Wildman–Crippen MR) is 95.4 cm³/mol. The van der Waals surface area contributed by atoms with Crippen LogP contribution in [-0.4, -0.2) is 22.5 Å². The van der Waals surface area contributed by atoms with E-state index in [9.17, 15) is 4.79 Å². The lowest BCUT2D eigenvalue weighted by molar-refractivity contribution is -0.115. The molecule has 2 aromatic carbocycles. The molecule has 1 aromatic heterocycles. The van der Waals surface area contributed by atoms with Crippen molar-refractivity contribution in [2.24, 2.45) is 0 Å². The summed E-state index contributed by atoms with van der Waals surface area (Å²) in [5.74, 6) is 1.72. The molecule has 0 spiro atoms. The van der Waals surface area contributed by atoms with Crippen LogP contribution in [0, 0.1) is 0 Å². The van der Waals surface area contributed by atoms with E-state index >= 15 is 0 Å². The standard InChI is InChI=1S/C19H21N3O2/c1-3-18-21-16-10-7-14(12-17(16)22-18)20-19(23)11-13-5-8-15(9-6-13)24-4-2/h5-10,12H,3-4,11H2,1-2H3,(H,20,23)(H,21,22). The molecule has 3 rings (SSSR count). The molecule has 0 bridgehead atoms. The third-order valence-electron chi connectivity index (χ3n) is 3.75. The van der Waals surface area contributed by atoms with Gasteiger partial charge in [-0.2, -0.15) is 0 Å². The van der Waals surface area contributed by atoms with Crippen molar-refractivity contribution in [2.45, 2.75) is 26.7 Å². The van der Waals surface area contributed by atoms with Gasteiger partial charge in [0, 0.05) is 12.1 Å². The van der Waals surface area contributed by atoms with Crippen LogP contribution in [0.1, 0.15) is 25.2 Å². The van der Waals surface area contributed by atoms with Crippen LogP contribution >= 0.6 is 0 Å². The molecule has 0 radical (unpaired) electrons. The topological polar surface area (TPSA) is 67.0 Å². The summed E-state index contributed by atoms with van der Waals surface area (Å²) >= 11 is 0. The number of H-pyrrole nitrogens is 1. The summed E-state index contributed by atoms with van der Waals surface area (Å²) in [6.45, 7) is 4.63. The van der Waals surface area contributed by atoms with Crippen LogP contribution < -0.4 is 10.1 Å². The zero-order chi connectivity index (χ0) is 16.9. The van der Waals surface area contributed by atoms with E-state index in [0.717, 1.165) is 40.3 Å². The van der Waals surface area contributed by atoms with Crippen LogP contribution in [0.5, 0.6) is 5.75 Å². The molecule has 0 saturated carbocycles. The number of aromatic amines is 1. The molecule has 0 fully saturated rings. The van der Waals surface area contributed by atoms with Crippen LogP contribution in [0.2, 0.25) is 0 Å². The number of amides is 1. The highest BCUT2D eigenvalue weighted by atomic mass is 16.5. The van der Waals surface area contributed by atoms with Gasteiger partial charge in [0.15, 0.2) is 0 Å². The molecule has 0 aliphatic rings. The highest BCUT2D eigenvalue weighted by molar-refractivity contribution is 5.94. The van der Waals surface area contributed by atoms with Crippen LogP contribution in [0.25, 0.3) is 11.0 Å². The molecular weight excluding hydrogens is 302 g/mol. The minimum atomic E-state index is -0.0475. The zero-order valence-corrected chi connectivity index (χ0v) is 13.9. The van der Waals surface area contributed by atoms with Gasteiger partial charge in [-0.05, 0) is 42.8 Å². The van der Waals surface area contributed by atoms with E-state index in [4.69, 9.17) is 4.74 Å². The number of aryl methyl sites for hydroxylation is 1. The van der Waals surface area contributed by atoms with Gasteiger partial charge in [-0.3, -0.25) is 4.79 Å². The first-order valence-electron chi connectivity index (χ1n) is 8.18. The number of nitrogens with one attached hydrogen (secondary N) is 2. The molecular formula is C19H21N3O2. The van der Waals surface area contributed by atoms with E-state index in [1.807, 2.05) is 49.4 Å². The number of ether oxygens (including phenoxy) is 1. The second-order valence-electron chi connectivity index (χ2n) is 5.57. The van der Waals surface area contributed by atoms with Gasteiger partial charge in [0.2, 0.25) is 5.91 Å². The maximum absolute atomic E-state index is 12.2. The molecule has 0 aliphatic heterocycles. The Bertz CT molecular complexity index is 837. The van der Waals surface area contributed by atoms with Crippen molar-refractivity contribution in [1.82, 2.24) is 9.97 Å². The third kappa shape index (κ3) is 3.74. The summed E-state index contributed by atoms with van der Waals surface area (Å²) in [6, 6.07) is 13.3. The van der Waals surface area contributed by atoms with E-state index in [0.29, 0.717) is 13.0 Å². The second kappa shape index (κ2) is 7.17. The number of hydrogen-bond acceptors (Lipinski definition) is 3. The third-order valence-corrected chi connectivity index (χ3v) is 3.75. The molecule has 124 valence electrons. The van der Waals surface area contributed by atoms with Gasteiger partial charge in [-0.25, -0.2) is 4.98 Å². The molecule has 0 unspecified atom stereocenters. The molecule has 2 N–H and O–H groups in total. The van der Waals surface area contributed by atoms with Crippen molar-refractivity contribution >= 4 is 22.6 Å². The van der Waals surface area contributed by atoms with Gasteiger partial charge in [0.1, 0.15) is 11.6 Å².